The molecular formula is C16H17BrN2O. The maximum Gasteiger partial charge on any atom is 0.220 e. The molecule has 1 atom stereocenters. The van der Waals surface area contributed by atoms with Gasteiger partial charge in [-0.1, -0.05) is 28.1 Å². The number of carbonyl (C=O) groups is 1. The first-order valence-electron chi connectivity index (χ1n) is 6.59. The Hall–Kier alpha value is -1.68. The summed E-state index contributed by atoms with van der Waals surface area (Å²) in [5, 5.41) is 3.00. The van der Waals surface area contributed by atoms with Gasteiger partial charge in [0.25, 0.3) is 0 Å². The van der Waals surface area contributed by atoms with Gasteiger partial charge < -0.3 is 5.32 Å². The Morgan fingerprint density at radius 3 is 2.75 bits per heavy atom. The van der Waals surface area contributed by atoms with Gasteiger partial charge in [0.2, 0.25) is 5.91 Å². The molecule has 2 aromatic rings. The minimum atomic E-state index is 0.00742. The molecule has 1 N–H and O–H groups in total. The minimum Gasteiger partial charge on any atom is -0.350 e. The van der Waals surface area contributed by atoms with Gasteiger partial charge in [-0.15, -0.1) is 0 Å². The van der Waals surface area contributed by atoms with E-state index in [1.165, 1.54) is 0 Å². The molecular weight excluding hydrogens is 316 g/mol. The van der Waals surface area contributed by atoms with Crippen molar-refractivity contribution in [3.63, 3.8) is 0 Å². The van der Waals surface area contributed by atoms with Crippen LogP contribution >= 0.6 is 15.9 Å². The fourth-order valence-electron chi connectivity index (χ4n) is 2.00. The number of hydrogen-bond donors (Lipinski definition) is 1. The van der Waals surface area contributed by atoms with E-state index in [-0.39, 0.29) is 11.9 Å². The van der Waals surface area contributed by atoms with Gasteiger partial charge in [-0.05, 0) is 48.7 Å². The first kappa shape index (κ1) is 14.7. The Labute approximate surface area is 127 Å². The quantitative estimate of drug-likeness (QED) is 0.907. The van der Waals surface area contributed by atoms with Crippen molar-refractivity contribution in [3.8, 4) is 0 Å². The van der Waals surface area contributed by atoms with Crippen molar-refractivity contribution < 1.29 is 4.79 Å². The Kier molecular flexibility index (Phi) is 5.30. The lowest BCUT2D eigenvalue weighted by Gasteiger charge is -2.14. The second-order valence-corrected chi connectivity index (χ2v) is 5.62. The normalized spacial score (nSPS) is 11.9. The molecule has 0 bridgehead atoms. The molecule has 0 aliphatic heterocycles. The summed E-state index contributed by atoms with van der Waals surface area (Å²) in [7, 11) is 0. The lowest BCUT2D eigenvalue weighted by atomic mass is 10.1. The summed E-state index contributed by atoms with van der Waals surface area (Å²) in [6.45, 7) is 1.98. The van der Waals surface area contributed by atoms with Crippen LogP contribution in [-0.4, -0.2) is 10.9 Å². The molecule has 0 saturated carbocycles. The molecule has 0 spiro atoms. The Bertz CT molecular complexity index is 572. The van der Waals surface area contributed by atoms with Crippen molar-refractivity contribution in [1.29, 1.82) is 0 Å². The van der Waals surface area contributed by atoms with Gasteiger partial charge in [0.1, 0.15) is 0 Å². The van der Waals surface area contributed by atoms with Crippen LogP contribution in [0.3, 0.4) is 0 Å². The van der Waals surface area contributed by atoms with Gasteiger partial charge in [0, 0.05) is 23.3 Å². The largest absolute Gasteiger partial charge is 0.350 e. The fraction of sp³-hybridized carbons (Fsp3) is 0.250. The van der Waals surface area contributed by atoms with Crippen LogP contribution in [0.4, 0.5) is 0 Å². The van der Waals surface area contributed by atoms with E-state index in [9.17, 15) is 4.79 Å². The SMILES string of the molecule is CC(NC(=O)CCc1cccc(Br)c1)c1ccncc1. The number of aromatic nitrogens is 1. The summed E-state index contributed by atoms with van der Waals surface area (Å²) in [6.07, 6.45) is 4.71. The number of nitrogens with zero attached hydrogens (tertiary/aromatic N) is 1. The summed E-state index contributed by atoms with van der Waals surface area (Å²) in [4.78, 5) is 15.9. The molecule has 0 aliphatic carbocycles. The molecule has 1 amide bonds. The zero-order valence-corrected chi connectivity index (χ0v) is 12.9. The average molecular weight is 333 g/mol. The van der Waals surface area contributed by atoms with Crippen LogP contribution in [0.15, 0.2) is 53.3 Å². The van der Waals surface area contributed by atoms with E-state index in [2.05, 4.69) is 26.2 Å². The summed E-state index contributed by atoms with van der Waals surface area (Å²) in [6, 6.07) is 11.9. The molecule has 1 unspecified atom stereocenters. The first-order valence-corrected chi connectivity index (χ1v) is 7.38. The second-order valence-electron chi connectivity index (χ2n) is 4.70. The van der Waals surface area contributed by atoms with E-state index in [0.29, 0.717) is 6.42 Å². The summed E-state index contributed by atoms with van der Waals surface area (Å²) in [5.41, 5.74) is 2.22. The van der Waals surface area contributed by atoms with E-state index >= 15 is 0 Å². The van der Waals surface area contributed by atoms with Gasteiger partial charge in [0.15, 0.2) is 0 Å². The first-order chi connectivity index (χ1) is 9.65. The predicted octanol–water partition coefficient (Wildman–Crippen LogP) is 3.65. The van der Waals surface area contributed by atoms with Crippen LogP contribution in [0.5, 0.6) is 0 Å². The standard InChI is InChI=1S/C16H17BrN2O/c1-12(14-7-9-18-10-8-14)19-16(20)6-5-13-3-2-4-15(17)11-13/h2-4,7-12H,5-6H2,1H3,(H,19,20). The number of rotatable bonds is 5. The molecule has 1 aromatic heterocycles. The van der Waals surface area contributed by atoms with Crippen molar-refractivity contribution in [2.75, 3.05) is 0 Å². The molecule has 0 radical (unpaired) electrons. The highest BCUT2D eigenvalue weighted by molar-refractivity contribution is 9.10. The molecule has 0 fully saturated rings. The second kappa shape index (κ2) is 7.20. The number of carbonyl (C=O) groups excluding carboxylic acids is 1. The Morgan fingerprint density at radius 1 is 1.30 bits per heavy atom. The number of nitrogens with one attached hydrogen (secondary N) is 1. The molecule has 0 aliphatic rings. The lowest BCUT2D eigenvalue weighted by Crippen LogP contribution is -2.26. The van der Waals surface area contributed by atoms with E-state index < -0.39 is 0 Å². The van der Waals surface area contributed by atoms with Gasteiger partial charge in [0.05, 0.1) is 6.04 Å². The molecule has 3 nitrogen and oxygen atoms in total. The highest BCUT2D eigenvalue weighted by atomic mass is 79.9. The Balaban J connectivity index is 1.84. The molecule has 2 rings (SSSR count). The van der Waals surface area contributed by atoms with Gasteiger partial charge in [-0.3, -0.25) is 9.78 Å². The number of halogens is 1. The van der Waals surface area contributed by atoms with Crippen molar-refractivity contribution in [3.05, 3.63) is 64.4 Å². The number of hydrogen-bond acceptors (Lipinski definition) is 2. The summed E-state index contributed by atoms with van der Waals surface area (Å²) < 4.78 is 1.04. The molecule has 1 aromatic carbocycles. The molecule has 1 heterocycles. The molecule has 4 heteroatoms. The maximum atomic E-state index is 11.9. The number of amides is 1. The topological polar surface area (TPSA) is 42.0 Å². The van der Waals surface area contributed by atoms with Crippen LogP contribution in [0, 0.1) is 0 Å². The molecule has 0 saturated heterocycles. The maximum absolute atomic E-state index is 11.9. The van der Waals surface area contributed by atoms with Crippen molar-refractivity contribution in [2.45, 2.75) is 25.8 Å². The van der Waals surface area contributed by atoms with Crippen LogP contribution in [-0.2, 0) is 11.2 Å². The van der Waals surface area contributed by atoms with Gasteiger partial charge in [-0.25, -0.2) is 0 Å². The summed E-state index contributed by atoms with van der Waals surface area (Å²) in [5.74, 6) is 0.0642. The van der Waals surface area contributed by atoms with Crippen molar-refractivity contribution in [2.24, 2.45) is 0 Å². The average Bonchev–Trinajstić information content (AvgIpc) is 2.46. The predicted molar refractivity (Wildman–Crippen MR) is 83.3 cm³/mol. The van der Waals surface area contributed by atoms with Gasteiger partial charge in [-0.2, -0.15) is 0 Å². The van der Waals surface area contributed by atoms with Crippen molar-refractivity contribution >= 4 is 21.8 Å². The third-order valence-corrected chi connectivity index (χ3v) is 3.61. The summed E-state index contributed by atoms with van der Waals surface area (Å²) >= 11 is 3.43. The lowest BCUT2D eigenvalue weighted by molar-refractivity contribution is -0.121. The number of pyridine rings is 1. The monoisotopic (exact) mass is 332 g/mol. The number of aryl methyl sites for hydroxylation is 1. The third kappa shape index (κ3) is 4.46. The van der Waals surface area contributed by atoms with Crippen LogP contribution in [0.25, 0.3) is 0 Å². The van der Waals surface area contributed by atoms with Crippen LogP contribution in [0.1, 0.15) is 30.5 Å². The van der Waals surface area contributed by atoms with E-state index in [0.717, 1.165) is 22.0 Å². The number of benzene rings is 1. The zero-order chi connectivity index (χ0) is 14.4. The van der Waals surface area contributed by atoms with E-state index in [1.807, 2.05) is 43.3 Å². The smallest absolute Gasteiger partial charge is 0.220 e. The Morgan fingerprint density at radius 2 is 2.05 bits per heavy atom. The fourth-order valence-corrected chi connectivity index (χ4v) is 2.45. The zero-order valence-electron chi connectivity index (χ0n) is 11.3. The van der Waals surface area contributed by atoms with E-state index in [1.54, 1.807) is 12.4 Å². The molecule has 20 heavy (non-hydrogen) atoms. The third-order valence-electron chi connectivity index (χ3n) is 3.11. The molecule has 104 valence electrons. The van der Waals surface area contributed by atoms with Crippen LogP contribution in [0.2, 0.25) is 0 Å². The highest BCUT2D eigenvalue weighted by Crippen LogP contribution is 2.14. The highest BCUT2D eigenvalue weighted by Gasteiger charge is 2.09. The van der Waals surface area contributed by atoms with Crippen molar-refractivity contribution in [1.82, 2.24) is 10.3 Å². The minimum absolute atomic E-state index is 0.00742. The van der Waals surface area contributed by atoms with Gasteiger partial charge >= 0.3 is 0 Å². The van der Waals surface area contributed by atoms with Crippen LogP contribution < -0.4 is 5.32 Å². The van der Waals surface area contributed by atoms with E-state index in [4.69, 9.17) is 0 Å².